The number of hydrogen-bond donors (Lipinski definition) is 2. The van der Waals surface area contributed by atoms with Crippen LogP contribution in [0.15, 0.2) is 16.7 Å². The Kier molecular flexibility index (Phi) is 3.82. The van der Waals surface area contributed by atoms with Gasteiger partial charge in [-0.3, -0.25) is 4.79 Å². The minimum Gasteiger partial charge on any atom is -0.452 e. The molecule has 1 aliphatic heterocycles. The average Bonchev–Trinajstić information content (AvgIpc) is 2.74. The van der Waals surface area contributed by atoms with E-state index in [0.29, 0.717) is 18.7 Å². The molecule has 16 heavy (non-hydrogen) atoms. The smallest absolute Gasteiger partial charge is 0.256 e. The first-order chi connectivity index (χ1) is 7.77. The third-order valence-corrected chi connectivity index (χ3v) is 2.65. The molecule has 0 saturated carbocycles. The highest BCUT2D eigenvalue weighted by Crippen LogP contribution is 2.16. The zero-order valence-corrected chi connectivity index (χ0v) is 9.42. The van der Waals surface area contributed by atoms with Gasteiger partial charge in [0.25, 0.3) is 5.91 Å². The van der Waals surface area contributed by atoms with E-state index in [0.717, 1.165) is 13.1 Å². The van der Waals surface area contributed by atoms with Gasteiger partial charge in [-0.2, -0.15) is 0 Å². The molecular formula is C10H13ClN2O3. The van der Waals surface area contributed by atoms with Crippen molar-refractivity contribution in [2.24, 2.45) is 0 Å². The number of amides is 1. The van der Waals surface area contributed by atoms with Crippen molar-refractivity contribution in [3.05, 3.63) is 23.1 Å². The maximum absolute atomic E-state index is 11.6. The van der Waals surface area contributed by atoms with Gasteiger partial charge in [-0.25, -0.2) is 0 Å². The van der Waals surface area contributed by atoms with Gasteiger partial charge in [0.15, 0.2) is 0 Å². The lowest BCUT2D eigenvalue weighted by Crippen LogP contribution is -2.45. The second kappa shape index (κ2) is 5.34. The summed E-state index contributed by atoms with van der Waals surface area (Å²) in [4.78, 5) is 11.6. The normalized spacial score (nSPS) is 20.7. The fourth-order valence-electron chi connectivity index (χ4n) is 1.51. The number of morpholine rings is 1. The maximum atomic E-state index is 11.6. The minimum atomic E-state index is -0.243. The standard InChI is InChI=1S/C10H13ClN2O3/c11-9-8(1-3-16-9)10(14)13-6-7-5-12-2-4-15-7/h1,3,7,12H,2,4-6H2,(H,13,14). The van der Waals surface area contributed by atoms with Crippen molar-refractivity contribution in [2.45, 2.75) is 6.10 Å². The quantitative estimate of drug-likeness (QED) is 0.820. The highest BCUT2D eigenvalue weighted by molar-refractivity contribution is 6.32. The first-order valence-corrected chi connectivity index (χ1v) is 5.48. The van der Waals surface area contributed by atoms with E-state index in [1.165, 1.54) is 12.3 Å². The van der Waals surface area contributed by atoms with Crippen LogP contribution in [0, 0.1) is 0 Å². The summed E-state index contributed by atoms with van der Waals surface area (Å²) in [6.45, 7) is 2.75. The summed E-state index contributed by atoms with van der Waals surface area (Å²) in [5.74, 6) is -0.243. The summed E-state index contributed by atoms with van der Waals surface area (Å²) < 4.78 is 10.3. The van der Waals surface area contributed by atoms with E-state index in [2.05, 4.69) is 10.6 Å². The summed E-state index contributed by atoms with van der Waals surface area (Å²) in [5, 5.41) is 6.04. The highest BCUT2D eigenvalue weighted by atomic mass is 35.5. The van der Waals surface area contributed by atoms with Crippen LogP contribution in [-0.2, 0) is 4.74 Å². The van der Waals surface area contributed by atoms with Gasteiger partial charge in [0.05, 0.1) is 24.5 Å². The molecule has 1 unspecified atom stereocenters. The molecule has 0 radical (unpaired) electrons. The molecule has 1 atom stereocenters. The molecule has 6 heteroatoms. The Bertz CT molecular complexity index is 361. The van der Waals surface area contributed by atoms with E-state index in [1.54, 1.807) is 0 Å². The van der Waals surface area contributed by atoms with Crippen LogP contribution in [0.25, 0.3) is 0 Å². The summed E-state index contributed by atoms with van der Waals surface area (Å²) in [5.41, 5.74) is 0.352. The van der Waals surface area contributed by atoms with Gasteiger partial charge < -0.3 is 19.8 Å². The van der Waals surface area contributed by atoms with Gasteiger partial charge >= 0.3 is 0 Å². The van der Waals surface area contributed by atoms with Crippen LogP contribution < -0.4 is 10.6 Å². The van der Waals surface area contributed by atoms with Crippen molar-refractivity contribution in [1.82, 2.24) is 10.6 Å². The summed E-state index contributed by atoms with van der Waals surface area (Å²) >= 11 is 5.69. The molecule has 0 aliphatic carbocycles. The molecule has 1 aromatic rings. The first kappa shape index (κ1) is 11.4. The number of carbonyl (C=O) groups is 1. The van der Waals surface area contributed by atoms with Crippen molar-refractivity contribution >= 4 is 17.5 Å². The highest BCUT2D eigenvalue weighted by Gasteiger charge is 2.17. The van der Waals surface area contributed by atoms with Crippen molar-refractivity contribution in [3.8, 4) is 0 Å². The van der Waals surface area contributed by atoms with E-state index >= 15 is 0 Å². The molecule has 2 heterocycles. The summed E-state index contributed by atoms with van der Waals surface area (Å²) in [6.07, 6.45) is 1.40. The molecule has 1 aliphatic rings. The van der Waals surface area contributed by atoms with Gasteiger partial charge in [-0.05, 0) is 17.7 Å². The van der Waals surface area contributed by atoms with Gasteiger partial charge in [-0.1, -0.05) is 0 Å². The Morgan fingerprint density at radius 1 is 1.69 bits per heavy atom. The summed E-state index contributed by atoms with van der Waals surface area (Å²) in [6, 6.07) is 1.54. The van der Waals surface area contributed by atoms with Crippen LogP contribution in [0.1, 0.15) is 10.4 Å². The third kappa shape index (κ3) is 2.75. The van der Waals surface area contributed by atoms with Crippen LogP contribution in [0.5, 0.6) is 0 Å². The van der Waals surface area contributed by atoms with Crippen LogP contribution >= 0.6 is 11.6 Å². The molecule has 2 rings (SSSR count). The number of hydrogen-bond acceptors (Lipinski definition) is 4. The van der Waals surface area contributed by atoms with E-state index in [9.17, 15) is 4.79 Å². The van der Waals surface area contributed by atoms with E-state index in [4.69, 9.17) is 20.8 Å². The Morgan fingerprint density at radius 2 is 2.56 bits per heavy atom. The van der Waals surface area contributed by atoms with Crippen LogP contribution in [-0.4, -0.2) is 38.3 Å². The monoisotopic (exact) mass is 244 g/mol. The average molecular weight is 245 g/mol. The zero-order valence-electron chi connectivity index (χ0n) is 8.66. The fraction of sp³-hybridized carbons (Fsp3) is 0.500. The third-order valence-electron chi connectivity index (χ3n) is 2.36. The van der Waals surface area contributed by atoms with Gasteiger partial charge in [0, 0.05) is 19.6 Å². The number of ether oxygens (including phenoxy) is 1. The molecule has 0 bridgehead atoms. The number of furan rings is 1. The van der Waals surface area contributed by atoms with E-state index < -0.39 is 0 Å². The number of rotatable bonds is 3. The minimum absolute atomic E-state index is 0.0170. The van der Waals surface area contributed by atoms with Crippen molar-refractivity contribution in [3.63, 3.8) is 0 Å². The Balaban J connectivity index is 1.81. The van der Waals surface area contributed by atoms with Crippen molar-refractivity contribution < 1.29 is 13.9 Å². The maximum Gasteiger partial charge on any atom is 0.256 e. The lowest BCUT2D eigenvalue weighted by atomic mass is 10.2. The van der Waals surface area contributed by atoms with E-state index in [-0.39, 0.29) is 17.2 Å². The number of carbonyl (C=O) groups excluding carboxylic acids is 1. The van der Waals surface area contributed by atoms with Gasteiger partial charge in [0.2, 0.25) is 5.22 Å². The molecule has 1 saturated heterocycles. The Morgan fingerprint density at radius 3 is 3.19 bits per heavy atom. The molecule has 1 aromatic heterocycles. The van der Waals surface area contributed by atoms with Crippen molar-refractivity contribution in [1.29, 1.82) is 0 Å². The molecule has 0 aromatic carbocycles. The Hall–Kier alpha value is -1.04. The molecule has 1 fully saturated rings. The SMILES string of the molecule is O=C(NCC1CNCCO1)c1ccoc1Cl. The van der Waals surface area contributed by atoms with Gasteiger partial charge in [-0.15, -0.1) is 0 Å². The lowest BCUT2D eigenvalue weighted by Gasteiger charge is -2.23. The molecule has 0 spiro atoms. The molecular weight excluding hydrogens is 232 g/mol. The van der Waals surface area contributed by atoms with Crippen molar-refractivity contribution in [2.75, 3.05) is 26.2 Å². The molecule has 1 amide bonds. The molecule has 5 nitrogen and oxygen atoms in total. The topological polar surface area (TPSA) is 63.5 Å². The second-order valence-corrected chi connectivity index (χ2v) is 3.86. The number of halogens is 1. The first-order valence-electron chi connectivity index (χ1n) is 5.11. The summed E-state index contributed by atoms with van der Waals surface area (Å²) in [7, 11) is 0. The van der Waals surface area contributed by atoms with Crippen LogP contribution in [0.2, 0.25) is 5.22 Å². The fourth-order valence-corrected chi connectivity index (χ4v) is 1.71. The predicted octanol–water partition coefficient (Wildman–Crippen LogP) is 0.651. The largest absolute Gasteiger partial charge is 0.452 e. The lowest BCUT2D eigenvalue weighted by molar-refractivity contribution is 0.0287. The van der Waals surface area contributed by atoms with Gasteiger partial charge in [0.1, 0.15) is 0 Å². The molecule has 88 valence electrons. The van der Waals surface area contributed by atoms with Crippen LogP contribution in [0.4, 0.5) is 0 Å². The van der Waals surface area contributed by atoms with Crippen LogP contribution in [0.3, 0.4) is 0 Å². The number of nitrogens with one attached hydrogen (secondary N) is 2. The van der Waals surface area contributed by atoms with E-state index in [1.807, 2.05) is 0 Å². The Labute approximate surface area is 98.1 Å². The molecule has 2 N–H and O–H groups in total. The predicted molar refractivity (Wildman–Crippen MR) is 58.7 cm³/mol. The zero-order chi connectivity index (χ0) is 11.4. The second-order valence-electron chi connectivity index (χ2n) is 3.51.